The van der Waals surface area contributed by atoms with Gasteiger partial charge in [-0.3, -0.25) is 4.79 Å². The second-order valence-corrected chi connectivity index (χ2v) is 9.65. The van der Waals surface area contributed by atoms with Gasteiger partial charge in [0.15, 0.2) is 11.6 Å². The molecule has 0 bridgehead atoms. The van der Waals surface area contributed by atoms with Crippen molar-refractivity contribution in [1.82, 2.24) is 9.62 Å². The van der Waals surface area contributed by atoms with Gasteiger partial charge in [-0.1, -0.05) is 43.3 Å². The standard InChI is InChI=1S/C24H25F3N2O2S2/c1-2-24(31)28-21(11-16-7-4-3-5-8-16)22(30)15-29(14-17-9-6-10-32-17)33-23-13-19(26)18(25)12-20(23)27/h3-10,12-13,21-22,30H,2,11,14-15H2,1H3,(H,28,31). The molecule has 2 N–H and O–H groups in total. The van der Waals surface area contributed by atoms with E-state index < -0.39 is 29.6 Å². The van der Waals surface area contributed by atoms with Crippen LogP contribution in [0.25, 0.3) is 0 Å². The second kappa shape index (κ2) is 12.2. The molecule has 1 heterocycles. The van der Waals surface area contributed by atoms with Crippen molar-refractivity contribution in [2.45, 2.75) is 43.4 Å². The highest BCUT2D eigenvalue weighted by Crippen LogP contribution is 2.30. The fraction of sp³-hybridized carbons (Fsp3) is 0.292. The highest BCUT2D eigenvalue weighted by Gasteiger charge is 2.25. The number of carbonyl (C=O) groups excluding carboxylic acids is 1. The molecular formula is C24H25F3N2O2S2. The third-order valence-corrected chi connectivity index (χ3v) is 6.84. The first-order chi connectivity index (χ1) is 15.9. The maximum Gasteiger partial charge on any atom is 0.220 e. The van der Waals surface area contributed by atoms with Crippen LogP contribution in [0.4, 0.5) is 13.2 Å². The van der Waals surface area contributed by atoms with Gasteiger partial charge in [0.25, 0.3) is 0 Å². The number of halogens is 3. The second-order valence-electron chi connectivity index (χ2n) is 7.47. The minimum atomic E-state index is -1.26. The van der Waals surface area contributed by atoms with Crippen LogP contribution in [0.15, 0.2) is 64.9 Å². The van der Waals surface area contributed by atoms with Crippen molar-refractivity contribution in [2.75, 3.05) is 6.54 Å². The average Bonchev–Trinajstić information content (AvgIpc) is 3.30. The summed E-state index contributed by atoms with van der Waals surface area (Å²) in [4.78, 5) is 13.0. The maximum atomic E-state index is 14.3. The molecule has 0 aliphatic rings. The van der Waals surface area contributed by atoms with Crippen molar-refractivity contribution < 1.29 is 23.1 Å². The Morgan fingerprint density at radius 2 is 1.82 bits per heavy atom. The monoisotopic (exact) mass is 494 g/mol. The first kappa shape index (κ1) is 25.3. The topological polar surface area (TPSA) is 52.6 Å². The summed E-state index contributed by atoms with van der Waals surface area (Å²) in [5.74, 6) is -3.48. The highest BCUT2D eigenvalue weighted by molar-refractivity contribution is 7.97. The van der Waals surface area contributed by atoms with Gasteiger partial charge in [0, 0.05) is 30.5 Å². The number of nitrogens with one attached hydrogen (secondary N) is 1. The molecule has 1 aromatic heterocycles. The molecule has 9 heteroatoms. The van der Waals surface area contributed by atoms with Crippen LogP contribution in [-0.2, 0) is 17.8 Å². The van der Waals surface area contributed by atoms with E-state index in [0.717, 1.165) is 28.5 Å². The molecule has 1 amide bonds. The SMILES string of the molecule is CCC(=O)NC(Cc1ccccc1)C(O)CN(Cc1cccs1)Sc1cc(F)c(F)cc1F. The minimum Gasteiger partial charge on any atom is -0.390 e. The lowest BCUT2D eigenvalue weighted by Gasteiger charge is -2.29. The first-order valence-corrected chi connectivity index (χ1v) is 12.1. The number of hydrogen-bond donors (Lipinski definition) is 2. The summed E-state index contributed by atoms with van der Waals surface area (Å²) >= 11 is 2.39. The van der Waals surface area contributed by atoms with Crippen molar-refractivity contribution >= 4 is 29.2 Å². The number of rotatable bonds is 11. The van der Waals surface area contributed by atoms with Gasteiger partial charge in [0.1, 0.15) is 5.82 Å². The van der Waals surface area contributed by atoms with Crippen LogP contribution in [0.1, 0.15) is 23.8 Å². The molecule has 0 fully saturated rings. The number of amides is 1. The number of carbonyl (C=O) groups is 1. The zero-order valence-corrected chi connectivity index (χ0v) is 19.6. The quantitative estimate of drug-likeness (QED) is 0.285. The number of hydrogen-bond acceptors (Lipinski definition) is 5. The van der Waals surface area contributed by atoms with E-state index in [9.17, 15) is 23.1 Å². The molecule has 4 nitrogen and oxygen atoms in total. The van der Waals surface area contributed by atoms with Crippen molar-refractivity contribution in [3.8, 4) is 0 Å². The number of benzene rings is 2. The Kier molecular flexibility index (Phi) is 9.37. The van der Waals surface area contributed by atoms with E-state index in [1.54, 1.807) is 11.2 Å². The van der Waals surface area contributed by atoms with E-state index in [2.05, 4.69) is 5.32 Å². The Morgan fingerprint density at radius 3 is 2.48 bits per heavy atom. The third kappa shape index (κ3) is 7.60. The molecular weight excluding hydrogens is 469 g/mol. The molecule has 0 saturated carbocycles. The fourth-order valence-corrected chi connectivity index (χ4v) is 5.03. The van der Waals surface area contributed by atoms with Crippen LogP contribution >= 0.6 is 23.3 Å². The zero-order valence-electron chi connectivity index (χ0n) is 18.0. The largest absolute Gasteiger partial charge is 0.390 e. The van der Waals surface area contributed by atoms with Gasteiger partial charge >= 0.3 is 0 Å². The number of nitrogens with zero attached hydrogens (tertiary/aromatic N) is 1. The van der Waals surface area contributed by atoms with Gasteiger partial charge < -0.3 is 10.4 Å². The Balaban J connectivity index is 1.80. The van der Waals surface area contributed by atoms with E-state index in [1.807, 2.05) is 47.8 Å². The summed E-state index contributed by atoms with van der Waals surface area (Å²) < 4.78 is 43.1. The smallest absolute Gasteiger partial charge is 0.220 e. The predicted octanol–water partition coefficient (Wildman–Crippen LogP) is 5.17. The van der Waals surface area contributed by atoms with Crippen LogP contribution < -0.4 is 5.32 Å². The Morgan fingerprint density at radius 1 is 1.09 bits per heavy atom. The molecule has 0 spiro atoms. The first-order valence-electron chi connectivity index (χ1n) is 10.5. The van der Waals surface area contributed by atoms with Crippen molar-refractivity contribution in [3.05, 3.63) is 87.9 Å². The lowest BCUT2D eigenvalue weighted by molar-refractivity contribution is -0.122. The lowest BCUT2D eigenvalue weighted by Crippen LogP contribution is -2.48. The minimum absolute atomic E-state index is 0.0580. The summed E-state index contributed by atoms with van der Waals surface area (Å²) in [5, 5.41) is 15.8. The van der Waals surface area contributed by atoms with E-state index >= 15 is 0 Å². The molecule has 3 aromatic rings. The van der Waals surface area contributed by atoms with Crippen LogP contribution in [0.2, 0.25) is 0 Å². The van der Waals surface area contributed by atoms with Crippen molar-refractivity contribution in [3.63, 3.8) is 0 Å². The normalized spacial score (nSPS) is 13.2. The van der Waals surface area contributed by atoms with Gasteiger partial charge in [-0.2, -0.15) is 0 Å². The Labute approximate surface area is 199 Å². The number of thiophene rings is 1. The summed E-state index contributed by atoms with van der Waals surface area (Å²) in [7, 11) is 0. The van der Waals surface area contributed by atoms with Crippen LogP contribution in [0.5, 0.6) is 0 Å². The molecule has 2 aromatic carbocycles. The fourth-order valence-electron chi connectivity index (χ4n) is 3.22. The van der Waals surface area contributed by atoms with Crippen LogP contribution in [0.3, 0.4) is 0 Å². The molecule has 33 heavy (non-hydrogen) atoms. The van der Waals surface area contributed by atoms with Gasteiger partial charge in [-0.05, 0) is 41.4 Å². The Bertz CT molecular complexity index is 1040. The van der Waals surface area contributed by atoms with E-state index in [4.69, 9.17) is 0 Å². The van der Waals surface area contributed by atoms with E-state index in [-0.39, 0.29) is 23.8 Å². The summed E-state index contributed by atoms with van der Waals surface area (Å²) in [6.07, 6.45) is -0.321. The van der Waals surface area contributed by atoms with Gasteiger partial charge in [-0.25, -0.2) is 17.5 Å². The Hall–Kier alpha value is -2.33. The van der Waals surface area contributed by atoms with E-state index in [1.165, 1.54) is 11.3 Å². The third-order valence-electron chi connectivity index (χ3n) is 4.94. The van der Waals surface area contributed by atoms with Crippen LogP contribution in [-0.4, -0.2) is 34.0 Å². The molecule has 3 rings (SSSR count). The summed E-state index contributed by atoms with van der Waals surface area (Å²) in [5.41, 5.74) is 0.946. The van der Waals surface area contributed by atoms with E-state index in [0.29, 0.717) is 19.0 Å². The van der Waals surface area contributed by atoms with Gasteiger partial charge in [0.2, 0.25) is 5.91 Å². The lowest BCUT2D eigenvalue weighted by atomic mass is 10.0. The average molecular weight is 495 g/mol. The molecule has 0 radical (unpaired) electrons. The number of aliphatic hydroxyl groups is 1. The maximum absolute atomic E-state index is 14.3. The number of aliphatic hydroxyl groups excluding tert-OH is 1. The molecule has 2 unspecified atom stereocenters. The molecule has 0 aliphatic carbocycles. The molecule has 0 saturated heterocycles. The molecule has 2 atom stereocenters. The molecule has 0 aliphatic heterocycles. The summed E-state index contributed by atoms with van der Waals surface area (Å²) in [6, 6.07) is 14.0. The van der Waals surface area contributed by atoms with Gasteiger partial charge in [-0.15, -0.1) is 11.3 Å². The van der Waals surface area contributed by atoms with Crippen LogP contribution in [0, 0.1) is 17.5 Å². The predicted molar refractivity (Wildman–Crippen MR) is 125 cm³/mol. The van der Waals surface area contributed by atoms with Gasteiger partial charge in [0.05, 0.1) is 17.0 Å². The zero-order chi connectivity index (χ0) is 23.8. The van der Waals surface area contributed by atoms with Crippen molar-refractivity contribution in [1.29, 1.82) is 0 Å². The summed E-state index contributed by atoms with van der Waals surface area (Å²) in [6.45, 7) is 2.13. The molecule has 176 valence electrons. The highest BCUT2D eigenvalue weighted by atomic mass is 32.2. The van der Waals surface area contributed by atoms with Crippen molar-refractivity contribution in [2.24, 2.45) is 0 Å².